The average molecular weight is 240 g/mol. The van der Waals surface area contributed by atoms with Gasteiger partial charge in [-0.3, -0.25) is 4.21 Å². The topological polar surface area (TPSA) is 40.1 Å². The van der Waals surface area contributed by atoms with Crippen LogP contribution in [0.2, 0.25) is 0 Å². The Balaban J connectivity index is 0. The fourth-order valence-corrected chi connectivity index (χ4v) is 0.595. The molecule has 0 saturated heterocycles. The molecule has 0 amide bonds. The first-order valence-corrected chi connectivity index (χ1v) is 3.44. The smallest absolute Gasteiger partial charge is 0.768 e. The molecule has 0 bridgehead atoms. The summed E-state index contributed by atoms with van der Waals surface area (Å²) in [5, 5.41) is -6.16. The van der Waals surface area contributed by atoms with Gasteiger partial charge in [0.1, 0.15) is 0 Å². The van der Waals surface area contributed by atoms with E-state index in [1.807, 2.05) is 0 Å². The summed E-state index contributed by atoms with van der Waals surface area (Å²) in [4.78, 5) is 0. The normalized spacial score (nSPS) is 16.0. The van der Waals surface area contributed by atoms with Crippen molar-refractivity contribution in [1.29, 1.82) is 0 Å². The summed E-state index contributed by atoms with van der Waals surface area (Å²) in [5.41, 5.74) is 0. The predicted molar refractivity (Wildman–Crippen MR) is 24.9 cm³/mol. The van der Waals surface area contributed by atoms with Crippen LogP contribution in [0.3, 0.4) is 0 Å². The Kier molecular flexibility index (Phi) is 5.21. The molecule has 0 heterocycles. The Bertz CT molecular complexity index is 225. The van der Waals surface area contributed by atoms with Gasteiger partial charge in [0.25, 0.3) is 0 Å². The van der Waals surface area contributed by atoms with Crippen LogP contribution in [0.4, 0.5) is 30.7 Å². The molecule has 0 spiro atoms. The number of hydrogen-bond donors (Lipinski definition) is 0. The molecule has 0 N–H and O–H groups in total. The molecule has 0 saturated carbocycles. The van der Waals surface area contributed by atoms with Crippen LogP contribution in [-0.4, -0.2) is 26.1 Å². The molecule has 1 unspecified atom stereocenters. The zero-order chi connectivity index (χ0) is 11.1. The summed E-state index contributed by atoms with van der Waals surface area (Å²) in [6.45, 7) is 0. The monoisotopic (exact) mass is 240 g/mol. The number of alkyl halides is 7. The van der Waals surface area contributed by atoms with Crippen molar-refractivity contribution in [2.45, 2.75) is 17.4 Å². The first-order valence-electron chi connectivity index (χ1n) is 2.36. The van der Waals surface area contributed by atoms with E-state index in [1.165, 1.54) is 0 Å². The molecule has 0 rings (SSSR count). The van der Waals surface area contributed by atoms with Gasteiger partial charge in [-0.2, -0.15) is 30.7 Å². The SMILES string of the molecule is O=S([O-])C(F)(F)C(F)(F)C(F)(F)F.[Li+]. The number of rotatable bonds is 2. The minimum absolute atomic E-state index is 0. The molecule has 0 aromatic heterocycles. The van der Waals surface area contributed by atoms with Crippen LogP contribution in [-0.2, 0) is 11.1 Å². The van der Waals surface area contributed by atoms with Gasteiger partial charge in [0.05, 0.1) is 0 Å². The maximum atomic E-state index is 11.7. The molecule has 1 atom stereocenters. The maximum absolute atomic E-state index is 11.7. The van der Waals surface area contributed by atoms with Gasteiger partial charge < -0.3 is 4.55 Å². The first kappa shape index (κ1) is 16.6. The Morgan fingerprint density at radius 2 is 1.21 bits per heavy atom. The van der Waals surface area contributed by atoms with E-state index in [-0.39, 0.29) is 18.9 Å². The van der Waals surface area contributed by atoms with Gasteiger partial charge in [0.2, 0.25) is 0 Å². The van der Waals surface area contributed by atoms with Crippen molar-refractivity contribution >= 4 is 11.1 Å². The second kappa shape index (κ2) is 4.38. The number of halogens is 7. The van der Waals surface area contributed by atoms with E-state index in [0.29, 0.717) is 0 Å². The average Bonchev–Trinajstić information content (AvgIpc) is 1.84. The van der Waals surface area contributed by atoms with Gasteiger partial charge in [-0.1, -0.05) is 0 Å². The van der Waals surface area contributed by atoms with Crippen LogP contribution < -0.4 is 18.9 Å². The van der Waals surface area contributed by atoms with Crippen LogP contribution in [0.5, 0.6) is 0 Å². The second-order valence-corrected chi connectivity index (χ2v) is 2.81. The van der Waals surface area contributed by atoms with Crippen molar-refractivity contribution in [1.82, 2.24) is 0 Å². The summed E-state index contributed by atoms with van der Waals surface area (Å²) in [6.07, 6.45) is -6.61. The van der Waals surface area contributed by atoms with Gasteiger partial charge in [0, 0.05) is 11.1 Å². The molecule has 0 aromatic carbocycles. The van der Waals surface area contributed by atoms with Crippen molar-refractivity contribution in [2.75, 3.05) is 0 Å². The van der Waals surface area contributed by atoms with Crippen LogP contribution in [0, 0.1) is 0 Å². The Morgan fingerprint density at radius 1 is 0.929 bits per heavy atom. The van der Waals surface area contributed by atoms with E-state index in [1.54, 1.807) is 0 Å². The maximum Gasteiger partial charge on any atom is 1.00 e. The first-order chi connectivity index (χ1) is 5.44. The molecule has 80 valence electrons. The minimum atomic E-state index is -6.61. The summed E-state index contributed by atoms with van der Waals surface area (Å²) in [5.74, 6) is -6.59. The van der Waals surface area contributed by atoms with Crippen LogP contribution in [0.15, 0.2) is 0 Å². The van der Waals surface area contributed by atoms with Gasteiger partial charge in [-0.05, 0) is 0 Å². The van der Waals surface area contributed by atoms with Crippen molar-refractivity contribution in [3.05, 3.63) is 0 Å². The summed E-state index contributed by atoms with van der Waals surface area (Å²) >= 11 is -4.85. The van der Waals surface area contributed by atoms with E-state index in [9.17, 15) is 39.5 Å². The Labute approximate surface area is 87.3 Å². The zero-order valence-electron chi connectivity index (χ0n) is 6.37. The molecule has 0 aliphatic heterocycles. The van der Waals surface area contributed by atoms with Crippen LogP contribution >= 0.6 is 0 Å². The summed E-state index contributed by atoms with van der Waals surface area (Å²) in [7, 11) is 0. The fraction of sp³-hybridized carbons (Fsp3) is 1.00. The molecule has 0 aliphatic carbocycles. The van der Waals surface area contributed by atoms with E-state index in [0.717, 1.165) is 0 Å². The molecule has 0 aromatic rings. The molecular formula is C3F7LiO2S. The van der Waals surface area contributed by atoms with E-state index >= 15 is 0 Å². The van der Waals surface area contributed by atoms with Crippen molar-refractivity contribution in [3.63, 3.8) is 0 Å². The molecule has 0 fully saturated rings. The standard InChI is InChI=1S/C3HF7O2S.Li/c4-1(5,2(6,7)8)3(9,10)13(11)12;/h(H,11,12);/q;+1/p-1. The predicted octanol–water partition coefficient (Wildman–Crippen LogP) is -1.34. The second-order valence-electron chi connectivity index (χ2n) is 1.82. The molecule has 11 heteroatoms. The molecular weight excluding hydrogens is 240 g/mol. The largest absolute Gasteiger partial charge is 1.00 e. The molecule has 14 heavy (non-hydrogen) atoms. The van der Waals surface area contributed by atoms with Crippen molar-refractivity contribution < 1.29 is 58.4 Å². The third-order valence-corrected chi connectivity index (χ3v) is 1.61. The molecule has 2 nitrogen and oxygen atoms in total. The summed E-state index contributed by atoms with van der Waals surface area (Å²) < 4.78 is 99.2. The van der Waals surface area contributed by atoms with Gasteiger partial charge in [0.15, 0.2) is 0 Å². The summed E-state index contributed by atoms with van der Waals surface area (Å²) in [6, 6.07) is 0. The minimum Gasteiger partial charge on any atom is -0.768 e. The van der Waals surface area contributed by atoms with Crippen molar-refractivity contribution in [3.8, 4) is 0 Å². The third-order valence-electron chi connectivity index (χ3n) is 0.931. The Hall–Kier alpha value is 0.217. The van der Waals surface area contributed by atoms with Gasteiger partial charge in [-0.25, -0.2) is 0 Å². The van der Waals surface area contributed by atoms with E-state index < -0.39 is 28.4 Å². The zero-order valence-corrected chi connectivity index (χ0v) is 7.19. The fourth-order valence-electron chi connectivity index (χ4n) is 0.270. The molecule has 0 radical (unpaired) electrons. The van der Waals surface area contributed by atoms with Crippen LogP contribution in [0.25, 0.3) is 0 Å². The van der Waals surface area contributed by atoms with E-state index in [2.05, 4.69) is 0 Å². The van der Waals surface area contributed by atoms with Crippen molar-refractivity contribution in [2.24, 2.45) is 0 Å². The van der Waals surface area contributed by atoms with Gasteiger partial charge in [-0.15, -0.1) is 0 Å². The van der Waals surface area contributed by atoms with Crippen LogP contribution in [0.1, 0.15) is 0 Å². The number of hydrogen-bond acceptors (Lipinski definition) is 2. The molecule has 0 aliphatic rings. The quantitative estimate of drug-likeness (QED) is 0.340. The van der Waals surface area contributed by atoms with E-state index in [4.69, 9.17) is 0 Å². The third kappa shape index (κ3) is 2.62. The Morgan fingerprint density at radius 3 is 1.29 bits per heavy atom. The van der Waals surface area contributed by atoms with Gasteiger partial charge >= 0.3 is 36.2 Å².